The number of carbonyl (C=O) groups excluding carboxylic acids is 2. The summed E-state index contributed by atoms with van der Waals surface area (Å²) in [5.41, 5.74) is 2.47. The molecule has 0 bridgehead atoms. The summed E-state index contributed by atoms with van der Waals surface area (Å²) < 4.78 is 0. The first-order chi connectivity index (χ1) is 14.6. The Labute approximate surface area is 188 Å². The van der Waals surface area contributed by atoms with Crippen molar-refractivity contribution < 1.29 is 14.4 Å². The third-order valence-electron chi connectivity index (χ3n) is 4.81. The van der Waals surface area contributed by atoms with Crippen molar-refractivity contribution in [3.63, 3.8) is 0 Å². The lowest BCUT2D eigenvalue weighted by atomic mass is 9.78. The van der Waals surface area contributed by atoms with Gasteiger partial charge in [0.15, 0.2) is 0 Å². The maximum atomic E-state index is 9.44. The second kappa shape index (κ2) is 13.1. The molecule has 1 fully saturated rings. The number of rotatable bonds is 4. The minimum absolute atomic E-state index is 0.167. The number of Topliss-reactive ketones (excluding diaryl/α,β-unsaturated/α-hetero) is 2. The molecule has 170 valence electrons. The molecular formula is C27H39NO3. The topological polar surface area (TPSA) is 46.6 Å². The van der Waals surface area contributed by atoms with Crippen molar-refractivity contribution in [1.29, 1.82) is 0 Å². The van der Waals surface area contributed by atoms with Crippen LogP contribution in [0.3, 0.4) is 0 Å². The van der Waals surface area contributed by atoms with Gasteiger partial charge in [-0.05, 0) is 57.2 Å². The molecule has 3 rings (SSSR count). The molecule has 1 heterocycles. The smallest absolute Gasteiger partial charge is 0.126 e. The van der Waals surface area contributed by atoms with Crippen molar-refractivity contribution >= 4 is 17.3 Å². The summed E-state index contributed by atoms with van der Waals surface area (Å²) in [5.74, 6) is 1.85. The summed E-state index contributed by atoms with van der Waals surface area (Å²) >= 11 is 0. The number of para-hydroxylation sites is 1. The van der Waals surface area contributed by atoms with Gasteiger partial charge in [0.25, 0.3) is 0 Å². The zero-order chi connectivity index (χ0) is 23.6. The number of ketones is 2. The van der Waals surface area contributed by atoms with Crippen molar-refractivity contribution in [3.8, 4) is 0 Å². The van der Waals surface area contributed by atoms with E-state index in [9.17, 15) is 9.59 Å². The Morgan fingerprint density at radius 3 is 1.55 bits per heavy atom. The highest BCUT2D eigenvalue weighted by atomic mass is 16.7. The van der Waals surface area contributed by atoms with Crippen LogP contribution in [0.15, 0.2) is 60.7 Å². The number of carbonyl (C=O) groups is 2. The van der Waals surface area contributed by atoms with E-state index in [0.717, 1.165) is 5.69 Å². The minimum atomic E-state index is 0.167. The molecule has 2 aromatic rings. The van der Waals surface area contributed by atoms with E-state index in [1.807, 2.05) is 0 Å². The van der Waals surface area contributed by atoms with Gasteiger partial charge in [0.2, 0.25) is 0 Å². The third-order valence-corrected chi connectivity index (χ3v) is 4.81. The fraction of sp³-hybridized carbons (Fsp3) is 0.481. The highest BCUT2D eigenvalue weighted by Gasteiger charge is 2.46. The van der Waals surface area contributed by atoms with Gasteiger partial charge in [0.1, 0.15) is 11.6 Å². The summed E-state index contributed by atoms with van der Waals surface area (Å²) in [6.07, 6.45) is 0.236. The zero-order valence-electron chi connectivity index (χ0n) is 20.3. The fourth-order valence-corrected chi connectivity index (χ4v) is 3.72. The highest BCUT2D eigenvalue weighted by Crippen LogP contribution is 2.47. The second-order valence-electron chi connectivity index (χ2n) is 8.97. The van der Waals surface area contributed by atoms with Crippen LogP contribution in [-0.2, 0) is 14.4 Å². The normalized spacial score (nSPS) is 19.9. The molecule has 1 aliphatic heterocycles. The molecule has 31 heavy (non-hydrogen) atoms. The summed E-state index contributed by atoms with van der Waals surface area (Å²) in [6, 6.07) is 21.5. The molecule has 0 aromatic heterocycles. The monoisotopic (exact) mass is 425 g/mol. The Balaban J connectivity index is 0.000000519. The van der Waals surface area contributed by atoms with E-state index in [1.54, 1.807) is 0 Å². The van der Waals surface area contributed by atoms with Gasteiger partial charge in [-0.3, -0.25) is 4.84 Å². The van der Waals surface area contributed by atoms with E-state index in [2.05, 4.69) is 93.4 Å². The van der Waals surface area contributed by atoms with Gasteiger partial charge in [-0.2, -0.15) is 0 Å². The van der Waals surface area contributed by atoms with E-state index in [0.29, 0.717) is 17.8 Å². The van der Waals surface area contributed by atoms with Gasteiger partial charge < -0.3 is 9.59 Å². The molecule has 4 nitrogen and oxygen atoms in total. The Bertz CT molecular complexity index is 767. The molecule has 0 radical (unpaired) electrons. The van der Waals surface area contributed by atoms with Crippen LogP contribution < -0.4 is 5.06 Å². The lowest BCUT2D eigenvalue weighted by molar-refractivity contribution is -0.115. The van der Waals surface area contributed by atoms with Crippen LogP contribution in [0.25, 0.3) is 0 Å². The maximum Gasteiger partial charge on any atom is 0.126 e. The van der Waals surface area contributed by atoms with Crippen molar-refractivity contribution in [3.05, 3.63) is 66.2 Å². The van der Waals surface area contributed by atoms with Crippen LogP contribution in [0.4, 0.5) is 5.69 Å². The summed E-state index contributed by atoms with van der Waals surface area (Å²) in [6.45, 7) is 15.3. The lowest BCUT2D eigenvalue weighted by Crippen LogP contribution is -2.29. The quantitative estimate of drug-likeness (QED) is 0.549. The first kappa shape index (κ1) is 26.6. The van der Waals surface area contributed by atoms with E-state index in [1.165, 1.54) is 33.3 Å². The molecule has 1 saturated heterocycles. The van der Waals surface area contributed by atoms with Crippen LogP contribution in [0.5, 0.6) is 0 Å². The zero-order valence-corrected chi connectivity index (χ0v) is 20.3. The van der Waals surface area contributed by atoms with Crippen molar-refractivity contribution in [1.82, 2.24) is 0 Å². The molecule has 0 amide bonds. The highest BCUT2D eigenvalue weighted by molar-refractivity contribution is 5.72. The van der Waals surface area contributed by atoms with Gasteiger partial charge in [0.05, 0.1) is 17.8 Å². The molecule has 2 aromatic carbocycles. The van der Waals surface area contributed by atoms with Crippen LogP contribution >= 0.6 is 0 Å². The SMILES string of the molecule is CC(C)=O.CC(C)=O.CC(C)C1ON(c2ccccc2)C(c2ccccc2)C1C(C)C. The molecule has 0 saturated carbocycles. The largest absolute Gasteiger partial charge is 0.300 e. The molecule has 0 aliphatic carbocycles. The van der Waals surface area contributed by atoms with Crippen LogP contribution in [0.1, 0.15) is 67.0 Å². The summed E-state index contributed by atoms with van der Waals surface area (Å²) in [4.78, 5) is 25.4. The Morgan fingerprint density at radius 1 is 0.742 bits per heavy atom. The van der Waals surface area contributed by atoms with E-state index in [-0.39, 0.29) is 23.7 Å². The molecule has 1 aliphatic rings. The molecular weight excluding hydrogens is 386 g/mol. The van der Waals surface area contributed by atoms with E-state index >= 15 is 0 Å². The number of hydrogen-bond donors (Lipinski definition) is 0. The molecule has 0 N–H and O–H groups in total. The Morgan fingerprint density at radius 2 is 1.16 bits per heavy atom. The van der Waals surface area contributed by atoms with Gasteiger partial charge in [-0.25, -0.2) is 5.06 Å². The van der Waals surface area contributed by atoms with Crippen molar-refractivity contribution in [2.75, 3.05) is 5.06 Å². The van der Waals surface area contributed by atoms with Gasteiger partial charge in [-0.1, -0.05) is 76.2 Å². The first-order valence-electron chi connectivity index (χ1n) is 11.1. The van der Waals surface area contributed by atoms with Crippen LogP contribution in [0, 0.1) is 17.8 Å². The van der Waals surface area contributed by atoms with Crippen molar-refractivity contribution in [2.45, 2.75) is 67.5 Å². The standard InChI is InChI=1S/C21H27NO.2C3H6O/c1-15(2)19-20(17-11-7-5-8-12-17)22(23-21(19)16(3)4)18-13-9-6-10-14-18;2*1-3(2)4/h5-16,19-21H,1-4H3;2*1-2H3. The lowest BCUT2D eigenvalue weighted by Gasteiger charge is -2.29. The second-order valence-corrected chi connectivity index (χ2v) is 8.97. The van der Waals surface area contributed by atoms with Gasteiger partial charge in [-0.15, -0.1) is 0 Å². The number of anilines is 1. The maximum absolute atomic E-state index is 9.44. The Hall–Kier alpha value is -2.46. The van der Waals surface area contributed by atoms with Crippen LogP contribution in [0.2, 0.25) is 0 Å². The average Bonchev–Trinajstić information content (AvgIpc) is 3.10. The Kier molecular flexibility index (Phi) is 11.2. The predicted molar refractivity (Wildman–Crippen MR) is 129 cm³/mol. The number of hydrogen-bond acceptors (Lipinski definition) is 4. The first-order valence-corrected chi connectivity index (χ1v) is 11.1. The van der Waals surface area contributed by atoms with Crippen LogP contribution in [-0.4, -0.2) is 17.7 Å². The molecule has 0 spiro atoms. The average molecular weight is 426 g/mol. The molecule has 3 atom stereocenters. The van der Waals surface area contributed by atoms with E-state index in [4.69, 9.17) is 4.84 Å². The summed E-state index contributed by atoms with van der Waals surface area (Å²) in [7, 11) is 0. The molecule has 3 unspecified atom stereocenters. The predicted octanol–water partition coefficient (Wildman–Crippen LogP) is 6.67. The van der Waals surface area contributed by atoms with Crippen molar-refractivity contribution in [2.24, 2.45) is 17.8 Å². The number of nitrogens with zero attached hydrogens (tertiary/aromatic N) is 1. The number of hydroxylamine groups is 1. The van der Waals surface area contributed by atoms with Gasteiger partial charge >= 0.3 is 0 Å². The van der Waals surface area contributed by atoms with E-state index < -0.39 is 0 Å². The fourth-order valence-electron chi connectivity index (χ4n) is 3.72. The minimum Gasteiger partial charge on any atom is -0.300 e. The van der Waals surface area contributed by atoms with Gasteiger partial charge in [0, 0.05) is 5.92 Å². The number of benzene rings is 2. The summed E-state index contributed by atoms with van der Waals surface area (Å²) in [5, 5.41) is 2.14. The molecule has 4 heteroatoms. The third kappa shape index (κ3) is 8.66.